The van der Waals surface area contributed by atoms with E-state index in [2.05, 4.69) is 0 Å². The van der Waals surface area contributed by atoms with Crippen LogP contribution in [0.5, 0.6) is 0 Å². The van der Waals surface area contributed by atoms with Gasteiger partial charge in [-0.05, 0) is 0 Å². The van der Waals surface area contributed by atoms with Gasteiger partial charge in [0.25, 0.3) is 0 Å². The summed E-state index contributed by atoms with van der Waals surface area (Å²) in [5.41, 5.74) is 0. The van der Waals surface area contributed by atoms with Gasteiger partial charge in [0.05, 0.1) is 5.92 Å². The Bertz CT molecular complexity index is 458. The molecule has 1 aliphatic rings. The van der Waals surface area contributed by atoms with Crippen molar-refractivity contribution in [3.8, 4) is 0 Å². The summed E-state index contributed by atoms with van der Waals surface area (Å²) in [4.78, 5) is 10.4. The Morgan fingerprint density at radius 1 is 1.33 bits per heavy atom. The van der Waals surface area contributed by atoms with Gasteiger partial charge >= 0.3 is 5.97 Å². The van der Waals surface area contributed by atoms with Gasteiger partial charge in [0.15, 0.2) is 14.9 Å². The Morgan fingerprint density at radius 3 is 2.13 bits per heavy atom. The van der Waals surface area contributed by atoms with Crippen LogP contribution in [-0.2, 0) is 24.7 Å². The van der Waals surface area contributed by atoms with E-state index in [4.69, 9.17) is 5.11 Å². The van der Waals surface area contributed by atoms with Crippen LogP contribution in [-0.4, -0.2) is 56.6 Å². The molecule has 1 fully saturated rings. The van der Waals surface area contributed by atoms with E-state index in [1.165, 1.54) is 0 Å². The molecule has 1 aliphatic heterocycles. The minimum atomic E-state index is -3.87. The molecule has 15 heavy (non-hydrogen) atoms. The number of carbonyl (C=O) groups is 1. The summed E-state index contributed by atoms with van der Waals surface area (Å²) >= 11 is 0. The largest absolute Gasteiger partial charge is 0.481 e. The van der Waals surface area contributed by atoms with Crippen LogP contribution >= 0.6 is 0 Å². The van der Waals surface area contributed by atoms with Crippen molar-refractivity contribution in [1.82, 2.24) is 4.31 Å². The van der Waals surface area contributed by atoms with Crippen molar-refractivity contribution < 1.29 is 26.7 Å². The minimum Gasteiger partial charge on any atom is -0.481 e. The third-order valence-electron chi connectivity index (χ3n) is 1.95. The van der Waals surface area contributed by atoms with Crippen LogP contribution in [0.2, 0.25) is 0 Å². The zero-order valence-corrected chi connectivity index (χ0v) is 9.58. The van der Waals surface area contributed by atoms with Crippen molar-refractivity contribution in [2.75, 3.05) is 24.4 Å². The molecule has 1 heterocycles. The van der Waals surface area contributed by atoms with Gasteiger partial charge in [-0.2, -0.15) is 4.31 Å². The van der Waals surface area contributed by atoms with E-state index < -0.39 is 36.8 Å². The highest BCUT2D eigenvalue weighted by Gasteiger charge is 2.40. The van der Waals surface area contributed by atoms with E-state index in [1.54, 1.807) is 0 Å². The van der Waals surface area contributed by atoms with Gasteiger partial charge in [0.1, 0.15) is 0 Å². The second kappa shape index (κ2) is 3.72. The van der Waals surface area contributed by atoms with E-state index in [0.29, 0.717) is 0 Å². The molecule has 0 spiro atoms. The molecule has 0 unspecified atom stereocenters. The predicted octanol–water partition coefficient (Wildman–Crippen LogP) is -1.67. The fourth-order valence-corrected chi connectivity index (χ4v) is 4.74. The number of sulfonamides is 1. The van der Waals surface area contributed by atoms with Gasteiger partial charge < -0.3 is 5.11 Å². The van der Waals surface area contributed by atoms with Crippen LogP contribution in [0.4, 0.5) is 0 Å². The maximum Gasteiger partial charge on any atom is 0.309 e. The quantitative estimate of drug-likeness (QED) is 0.645. The topological polar surface area (TPSA) is 109 Å². The fraction of sp³-hybridized carbons (Fsp3) is 0.833. The molecule has 0 bridgehead atoms. The third-order valence-corrected chi connectivity index (χ3v) is 5.94. The summed E-state index contributed by atoms with van der Waals surface area (Å²) < 4.78 is 45.1. The van der Waals surface area contributed by atoms with Crippen molar-refractivity contribution >= 4 is 25.8 Å². The van der Waals surface area contributed by atoms with Gasteiger partial charge in [0, 0.05) is 19.3 Å². The first kappa shape index (κ1) is 12.4. The first-order valence-corrected chi connectivity index (χ1v) is 7.67. The SMILES string of the molecule is CS(=O)(=O)CS(=O)(=O)N1CC(C(=O)O)C1. The van der Waals surface area contributed by atoms with Crippen LogP contribution in [0.1, 0.15) is 0 Å². The highest BCUT2D eigenvalue weighted by Crippen LogP contribution is 2.20. The van der Waals surface area contributed by atoms with Crippen molar-refractivity contribution in [3.63, 3.8) is 0 Å². The van der Waals surface area contributed by atoms with Crippen LogP contribution in [0.15, 0.2) is 0 Å². The lowest BCUT2D eigenvalue weighted by Crippen LogP contribution is -2.54. The van der Waals surface area contributed by atoms with Crippen LogP contribution in [0.3, 0.4) is 0 Å². The molecule has 0 atom stereocenters. The van der Waals surface area contributed by atoms with E-state index >= 15 is 0 Å². The Hall–Kier alpha value is -0.670. The van der Waals surface area contributed by atoms with Crippen LogP contribution in [0, 0.1) is 5.92 Å². The summed E-state index contributed by atoms with van der Waals surface area (Å²) in [6.45, 7) is -0.291. The molecule has 0 radical (unpaired) electrons. The van der Waals surface area contributed by atoms with Crippen LogP contribution in [0.25, 0.3) is 0 Å². The second-order valence-corrected chi connectivity index (χ2v) is 7.98. The molecule has 1 saturated heterocycles. The Kier molecular flexibility index (Phi) is 3.08. The zero-order chi connectivity index (χ0) is 11.9. The number of aliphatic carboxylic acids is 1. The smallest absolute Gasteiger partial charge is 0.309 e. The van der Waals surface area contributed by atoms with E-state index in [1.807, 2.05) is 0 Å². The molecule has 7 nitrogen and oxygen atoms in total. The summed E-state index contributed by atoms with van der Waals surface area (Å²) in [5.74, 6) is -1.79. The molecular weight excluding hydrogens is 246 g/mol. The number of nitrogens with zero attached hydrogens (tertiary/aromatic N) is 1. The van der Waals surface area contributed by atoms with Gasteiger partial charge in [-0.15, -0.1) is 0 Å². The summed E-state index contributed by atoms with van der Waals surface area (Å²) in [5, 5.41) is 7.54. The number of carboxylic acids is 1. The summed E-state index contributed by atoms with van der Waals surface area (Å²) in [6, 6.07) is 0. The summed E-state index contributed by atoms with van der Waals surface area (Å²) in [7, 11) is -7.48. The third kappa shape index (κ3) is 3.14. The maximum absolute atomic E-state index is 11.4. The maximum atomic E-state index is 11.4. The molecule has 0 aliphatic carbocycles. The number of hydrogen-bond acceptors (Lipinski definition) is 5. The normalized spacial score (nSPS) is 19.8. The van der Waals surface area contributed by atoms with Gasteiger partial charge in [-0.25, -0.2) is 16.8 Å². The molecular formula is C6H11NO6S2. The van der Waals surface area contributed by atoms with Crippen molar-refractivity contribution in [2.24, 2.45) is 5.92 Å². The summed E-state index contributed by atoms with van der Waals surface area (Å²) in [6.07, 6.45) is 0.818. The molecule has 88 valence electrons. The number of sulfone groups is 1. The molecule has 9 heteroatoms. The Balaban J connectivity index is 2.65. The number of carboxylic acid groups (broad SMARTS) is 1. The molecule has 0 amide bonds. The highest BCUT2D eigenvalue weighted by atomic mass is 32.3. The second-order valence-electron chi connectivity index (χ2n) is 3.51. The number of rotatable bonds is 4. The van der Waals surface area contributed by atoms with Crippen LogP contribution < -0.4 is 0 Å². The van der Waals surface area contributed by atoms with Crippen molar-refractivity contribution in [2.45, 2.75) is 0 Å². The molecule has 1 rings (SSSR count). The number of hydrogen-bond donors (Lipinski definition) is 1. The van der Waals surface area contributed by atoms with Gasteiger partial charge in [-0.1, -0.05) is 0 Å². The first-order valence-electron chi connectivity index (χ1n) is 4.00. The lowest BCUT2D eigenvalue weighted by molar-refractivity contribution is -0.145. The highest BCUT2D eigenvalue weighted by molar-refractivity contribution is 8.06. The minimum absolute atomic E-state index is 0.146. The van der Waals surface area contributed by atoms with Crippen molar-refractivity contribution in [3.05, 3.63) is 0 Å². The van der Waals surface area contributed by atoms with E-state index in [9.17, 15) is 21.6 Å². The monoisotopic (exact) mass is 257 g/mol. The fourth-order valence-electron chi connectivity index (χ4n) is 1.17. The standard InChI is InChI=1S/C6H11NO6S2/c1-14(10,11)4-15(12,13)7-2-5(3-7)6(8)9/h5H,2-4H2,1H3,(H,8,9). The lowest BCUT2D eigenvalue weighted by Gasteiger charge is -2.34. The Morgan fingerprint density at radius 2 is 1.80 bits per heavy atom. The molecule has 0 aromatic carbocycles. The van der Waals surface area contributed by atoms with E-state index in [0.717, 1.165) is 10.6 Å². The lowest BCUT2D eigenvalue weighted by atomic mass is 10.0. The Labute approximate surface area is 87.7 Å². The molecule has 0 saturated carbocycles. The molecule has 0 aromatic heterocycles. The van der Waals surface area contributed by atoms with Crippen molar-refractivity contribution in [1.29, 1.82) is 0 Å². The van der Waals surface area contributed by atoms with E-state index in [-0.39, 0.29) is 13.1 Å². The average Bonchev–Trinajstić information content (AvgIpc) is 1.72. The van der Waals surface area contributed by atoms with Gasteiger partial charge in [0.2, 0.25) is 10.0 Å². The first-order chi connectivity index (χ1) is 6.62. The average molecular weight is 257 g/mol. The molecule has 0 aromatic rings. The molecule has 1 N–H and O–H groups in total. The zero-order valence-electron chi connectivity index (χ0n) is 7.95. The van der Waals surface area contributed by atoms with Gasteiger partial charge in [-0.3, -0.25) is 4.79 Å². The predicted molar refractivity (Wildman–Crippen MR) is 51.3 cm³/mol.